The Hall–Kier alpha value is -1.39. The molecule has 0 aliphatic carbocycles. The third-order valence-corrected chi connectivity index (χ3v) is 1.33. The lowest BCUT2D eigenvalue weighted by atomic mass is 10.3. The summed E-state index contributed by atoms with van der Waals surface area (Å²) in [6.45, 7) is 4.94. The van der Waals surface area contributed by atoms with Crippen LogP contribution in [0.25, 0.3) is 0 Å². The minimum absolute atomic E-state index is 0.113. The van der Waals surface area contributed by atoms with Crippen molar-refractivity contribution in [1.29, 1.82) is 0 Å². The maximum absolute atomic E-state index is 10.6. The zero-order valence-electron chi connectivity index (χ0n) is 7.29. The minimum Gasteiger partial charge on any atom is -0.423 e. The third kappa shape index (κ3) is 2.05. The van der Waals surface area contributed by atoms with Crippen LogP contribution in [-0.4, -0.2) is 16.1 Å². The summed E-state index contributed by atoms with van der Waals surface area (Å²) < 4.78 is 5.11. The summed E-state index contributed by atoms with van der Waals surface area (Å²) in [4.78, 5) is 10.6. The van der Waals surface area contributed by atoms with Crippen LogP contribution in [-0.2, 0) is 4.79 Å². The van der Waals surface area contributed by atoms with Crippen molar-refractivity contribution in [3.05, 3.63) is 11.8 Å². The zero-order valence-corrected chi connectivity index (χ0v) is 7.29. The molecule has 1 aromatic rings. The molecule has 1 atom stereocenters. The second-order valence-electron chi connectivity index (χ2n) is 2.58. The van der Waals surface area contributed by atoms with E-state index < -0.39 is 0 Å². The molecule has 0 bridgehead atoms. The molecule has 0 aliphatic rings. The smallest absolute Gasteiger partial charge is 0.238 e. The maximum atomic E-state index is 10.6. The Morgan fingerprint density at radius 2 is 2.25 bits per heavy atom. The first-order chi connectivity index (χ1) is 5.59. The summed E-state index contributed by atoms with van der Waals surface area (Å²) in [7, 11) is 0. The molecule has 1 aromatic heterocycles. The lowest BCUT2D eigenvalue weighted by Gasteiger charge is -2.05. The number of amides is 1. The van der Waals surface area contributed by atoms with Crippen LogP contribution in [0.4, 0.5) is 0 Å². The molecular formula is C7H11N3O2. The average molecular weight is 169 g/mol. The fourth-order valence-corrected chi connectivity index (χ4v) is 0.853. The van der Waals surface area contributed by atoms with Gasteiger partial charge in [-0.2, -0.15) is 0 Å². The summed E-state index contributed by atoms with van der Waals surface area (Å²) in [6, 6.07) is -0.219. The monoisotopic (exact) mass is 169 g/mol. The molecule has 0 spiro atoms. The Morgan fingerprint density at radius 3 is 2.67 bits per heavy atom. The molecule has 5 heteroatoms. The molecule has 0 saturated carbocycles. The van der Waals surface area contributed by atoms with Crippen molar-refractivity contribution < 1.29 is 9.21 Å². The van der Waals surface area contributed by atoms with E-state index >= 15 is 0 Å². The van der Waals surface area contributed by atoms with E-state index in [0.29, 0.717) is 11.8 Å². The predicted molar refractivity (Wildman–Crippen MR) is 41.3 cm³/mol. The molecule has 1 heterocycles. The van der Waals surface area contributed by atoms with Crippen LogP contribution < -0.4 is 5.32 Å². The topological polar surface area (TPSA) is 68.0 Å². The lowest BCUT2D eigenvalue weighted by Crippen LogP contribution is -2.23. The van der Waals surface area contributed by atoms with Gasteiger partial charge in [-0.1, -0.05) is 0 Å². The van der Waals surface area contributed by atoms with Crippen molar-refractivity contribution in [3.8, 4) is 0 Å². The van der Waals surface area contributed by atoms with Crippen molar-refractivity contribution in [2.24, 2.45) is 0 Å². The van der Waals surface area contributed by atoms with Gasteiger partial charge in [-0.15, -0.1) is 10.2 Å². The van der Waals surface area contributed by atoms with Crippen LogP contribution in [0.3, 0.4) is 0 Å². The van der Waals surface area contributed by atoms with Crippen molar-refractivity contribution in [2.45, 2.75) is 26.8 Å². The second kappa shape index (κ2) is 3.34. The number of rotatable bonds is 2. The molecule has 0 saturated heterocycles. The predicted octanol–water partition coefficient (Wildman–Crippen LogP) is 0.575. The van der Waals surface area contributed by atoms with Gasteiger partial charge in [0.15, 0.2) is 0 Å². The van der Waals surface area contributed by atoms with E-state index in [1.807, 2.05) is 0 Å². The van der Waals surface area contributed by atoms with Crippen molar-refractivity contribution in [1.82, 2.24) is 15.5 Å². The number of aryl methyl sites for hydroxylation is 1. The van der Waals surface area contributed by atoms with Gasteiger partial charge in [0.05, 0.1) is 0 Å². The highest BCUT2D eigenvalue weighted by atomic mass is 16.4. The van der Waals surface area contributed by atoms with E-state index in [1.54, 1.807) is 13.8 Å². The van der Waals surface area contributed by atoms with Crippen molar-refractivity contribution in [3.63, 3.8) is 0 Å². The van der Waals surface area contributed by atoms with E-state index in [-0.39, 0.29) is 11.9 Å². The van der Waals surface area contributed by atoms with Gasteiger partial charge >= 0.3 is 0 Å². The largest absolute Gasteiger partial charge is 0.423 e. The van der Waals surface area contributed by atoms with E-state index in [0.717, 1.165) is 0 Å². The molecule has 0 aromatic carbocycles. The Kier molecular flexibility index (Phi) is 2.42. The quantitative estimate of drug-likeness (QED) is 0.703. The molecule has 0 radical (unpaired) electrons. The highest BCUT2D eigenvalue weighted by molar-refractivity contribution is 5.73. The third-order valence-electron chi connectivity index (χ3n) is 1.33. The molecule has 5 nitrogen and oxygen atoms in total. The number of carbonyl (C=O) groups excluding carboxylic acids is 1. The SMILES string of the molecule is CC(=O)NC(C)c1nnc(C)o1. The fraction of sp³-hybridized carbons (Fsp3) is 0.571. The van der Waals surface area contributed by atoms with Gasteiger partial charge in [0.2, 0.25) is 17.7 Å². The number of nitrogens with one attached hydrogen (secondary N) is 1. The number of aromatic nitrogens is 2. The first-order valence-electron chi connectivity index (χ1n) is 3.66. The maximum Gasteiger partial charge on any atom is 0.238 e. The molecule has 12 heavy (non-hydrogen) atoms. The minimum atomic E-state index is -0.219. The summed E-state index contributed by atoms with van der Waals surface area (Å²) in [5.74, 6) is 0.822. The Labute approximate surface area is 70.2 Å². The van der Waals surface area contributed by atoms with Gasteiger partial charge < -0.3 is 9.73 Å². The molecular weight excluding hydrogens is 158 g/mol. The number of hydrogen-bond donors (Lipinski definition) is 1. The van der Waals surface area contributed by atoms with Crippen LogP contribution in [0.2, 0.25) is 0 Å². The van der Waals surface area contributed by atoms with Gasteiger partial charge in [0.1, 0.15) is 6.04 Å². The van der Waals surface area contributed by atoms with Crippen LogP contribution in [0.5, 0.6) is 0 Å². The average Bonchev–Trinajstić information content (AvgIpc) is 2.34. The fourth-order valence-electron chi connectivity index (χ4n) is 0.853. The van der Waals surface area contributed by atoms with Crippen LogP contribution in [0.15, 0.2) is 4.42 Å². The summed E-state index contributed by atoms with van der Waals surface area (Å²) in [6.07, 6.45) is 0. The van der Waals surface area contributed by atoms with E-state index in [1.165, 1.54) is 6.92 Å². The molecule has 1 unspecified atom stereocenters. The number of carbonyl (C=O) groups is 1. The Bertz CT molecular complexity index is 282. The van der Waals surface area contributed by atoms with Gasteiger partial charge in [-0.3, -0.25) is 4.79 Å². The van der Waals surface area contributed by atoms with Crippen LogP contribution in [0, 0.1) is 6.92 Å². The Balaban J connectivity index is 2.64. The van der Waals surface area contributed by atoms with Crippen LogP contribution >= 0.6 is 0 Å². The van der Waals surface area contributed by atoms with E-state index in [9.17, 15) is 4.79 Å². The highest BCUT2D eigenvalue weighted by Crippen LogP contribution is 2.08. The normalized spacial score (nSPS) is 12.6. The van der Waals surface area contributed by atoms with Crippen molar-refractivity contribution in [2.75, 3.05) is 0 Å². The van der Waals surface area contributed by atoms with Gasteiger partial charge in [0.25, 0.3) is 0 Å². The summed E-state index contributed by atoms with van der Waals surface area (Å²) in [5.41, 5.74) is 0. The Morgan fingerprint density at radius 1 is 1.58 bits per heavy atom. The number of hydrogen-bond acceptors (Lipinski definition) is 4. The van der Waals surface area contributed by atoms with E-state index in [2.05, 4.69) is 15.5 Å². The van der Waals surface area contributed by atoms with Gasteiger partial charge in [-0.05, 0) is 6.92 Å². The first kappa shape index (κ1) is 8.70. The molecule has 1 N–H and O–H groups in total. The summed E-state index contributed by atoms with van der Waals surface area (Å²) in [5, 5.41) is 10.1. The molecule has 0 fully saturated rings. The molecule has 66 valence electrons. The number of nitrogens with zero attached hydrogens (tertiary/aromatic N) is 2. The first-order valence-corrected chi connectivity index (χ1v) is 3.66. The highest BCUT2D eigenvalue weighted by Gasteiger charge is 2.12. The molecule has 1 rings (SSSR count). The summed E-state index contributed by atoms with van der Waals surface area (Å²) >= 11 is 0. The van der Waals surface area contributed by atoms with Crippen LogP contribution in [0.1, 0.15) is 31.7 Å². The van der Waals surface area contributed by atoms with E-state index in [4.69, 9.17) is 4.42 Å². The van der Waals surface area contributed by atoms with Gasteiger partial charge in [-0.25, -0.2) is 0 Å². The second-order valence-corrected chi connectivity index (χ2v) is 2.58. The zero-order chi connectivity index (χ0) is 9.14. The van der Waals surface area contributed by atoms with Crippen molar-refractivity contribution >= 4 is 5.91 Å². The standard InChI is InChI=1S/C7H11N3O2/c1-4(8-5(2)11)7-10-9-6(3)12-7/h4H,1-3H3,(H,8,11). The lowest BCUT2D eigenvalue weighted by molar-refractivity contribution is -0.119. The molecule has 1 amide bonds. The van der Waals surface area contributed by atoms with Gasteiger partial charge in [0, 0.05) is 13.8 Å². The molecule has 0 aliphatic heterocycles.